The number of ether oxygens (including phenoxy) is 6. The number of hydrogen-bond acceptors (Lipinski definition) is 12. The standard InChI is InChI=1S/C17H30O12/c1-8(19)26-6-11-12(20)13(21)14(22)16(27-11)29-17(7-25-3)15(23)9(5-24-2)10(4-18)28-17/h9-16,18,20-23H,4-7H2,1-3H3/t9?,10?,11?,12-,13?,14?,15?,16-,17?/m0/s1. The Morgan fingerprint density at radius 2 is 1.69 bits per heavy atom. The minimum Gasteiger partial charge on any atom is -0.463 e. The lowest BCUT2D eigenvalue weighted by Crippen LogP contribution is -2.62. The van der Waals surface area contributed by atoms with Crippen LogP contribution in [-0.4, -0.2) is 121 Å². The molecular formula is C17H30O12. The Labute approximate surface area is 167 Å². The van der Waals surface area contributed by atoms with Gasteiger partial charge in [0.1, 0.15) is 43.7 Å². The summed E-state index contributed by atoms with van der Waals surface area (Å²) in [5.41, 5.74) is 0. The third kappa shape index (κ3) is 5.22. The number of carbonyl (C=O) groups is 1. The first kappa shape index (κ1) is 24.3. The minimum atomic E-state index is -1.86. The predicted molar refractivity (Wildman–Crippen MR) is 92.3 cm³/mol. The molecular weight excluding hydrogens is 396 g/mol. The fourth-order valence-corrected chi connectivity index (χ4v) is 3.51. The van der Waals surface area contributed by atoms with Crippen molar-refractivity contribution < 1.29 is 58.7 Å². The zero-order chi connectivity index (χ0) is 21.8. The van der Waals surface area contributed by atoms with Crippen molar-refractivity contribution in [2.24, 2.45) is 5.92 Å². The maximum absolute atomic E-state index is 11.0. The van der Waals surface area contributed by atoms with Crippen LogP contribution in [0.2, 0.25) is 0 Å². The zero-order valence-corrected chi connectivity index (χ0v) is 16.5. The molecule has 0 aromatic heterocycles. The van der Waals surface area contributed by atoms with Crippen LogP contribution < -0.4 is 0 Å². The first-order valence-electron chi connectivity index (χ1n) is 9.16. The Morgan fingerprint density at radius 1 is 1.00 bits per heavy atom. The lowest BCUT2D eigenvalue weighted by Gasteiger charge is -2.43. The molecule has 29 heavy (non-hydrogen) atoms. The van der Waals surface area contributed by atoms with E-state index in [4.69, 9.17) is 28.4 Å². The third-order valence-corrected chi connectivity index (χ3v) is 5.00. The van der Waals surface area contributed by atoms with Gasteiger partial charge in [-0.1, -0.05) is 0 Å². The number of aliphatic hydroxyl groups excluding tert-OH is 5. The lowest BCUT2D eigenvalue weighted by molar-refractivity contribution is -0.384. The number of esters is 1. The average molecular weight is 426 g/mol. The van der Waals surface area contributed by atoms with Gasteiger partial charge in [0.2, 0.25) is 5.79 Å². The summed E-state index contributed by atoms with van der Waals surface area (Å²) in [7, 11) is 2.75. The summed E-state index contributed by atoms with van der Waals surface area (Å²) < 4.78 is 31.9. The fourth-order valence-electron chi connectivity index (χ4n) is 3.51. The smallest absolute Gasteiger partial charge is 0.302 e. The molecule has 0 bridgehead atoms. The molecule has 2 aliphatic rings. The van der Waals surface area contributed by atoms with Gasteiger partial charge in [-0.05, 0) is 0 Å². The Morgan fingerprint density at radius 3 is 2.24 bits per heavy atom. The molecule has 7 unspecified atom stereocenters. The first-order chi connectivity index (χ1) is 13.7. The van der Waals surface area contributed by atoms with Gasteiger partial charge in [-0.15, -0.1) is 0 Å². The van der Waals surface area contributed by atoms with Crippen molar-refractivity contribution in [3.63, 3.8) is 0 Å². The van der Waals surface area contributed by atoms with E-state index in [1.54, 1.807) is 0 Å². The highest BCUT2D eigenvalue weighted by Gasteiger charge is 2.58. The van der Waals surface area contributed by atoms with Crippen molar-refractivity contribution in [2.75, 3.05) is 40.6 Å². The minimum absolute atomic E-state index is 0.0473. The largest absolute Gasteiger partial charge is 0.463 e. The summed E-state index contributed by atoms with van der Waals surface area (Å²) >= 11 is 0. The molecule has 12 nitrogen and oxygen atoms in total. The van der Waals surface area contributed by atoms with E-state index in [1.165, 1.54) is 14.2 Å². The van der Waals surface area contributed by atoms with Crippen LogP contribution in [0.25, 0.3) is 0 Å². The maximum atomic E-state index is 11.0. The normalized spacial score (nSPS) is 42.8. The Balaban J connectivity index is 2.22. The van der Waals surface area contributed by atoms with Crippen LogP contribution in [0.1, 0.15) is 6.92 Å². The summed E-state index contributed by atoms with van der Waals surface area (Å²) in [4.78, 5) is 11.0. The Hall–Kier alpha value is -0.930. The van der Waals surface area contributed by atoms with Crippen molar-refractivity contribution in [1.29, 1.82) is 0 Å². The van der Waals surface area contributed by atoms with E-state index in [1.807, 2.05) is 0 Å². The number of carbonyl (C=O) groups excluding carboxylic acids is 1. The van der Waals surface area contributed by atoms with Gasteiger partial charge in [0.25, 0.3) is 0 Å². The molecule has 170 valence electrons. The Bertz CT molecular complexity index is 533. The second kappa shape index (κ2) is 10.4. The van der Waals surface area contributed by atoms with E-state index < -0.39 is 73.8 Å². The van der Waals surface area contributed by atoms with Gasteiger partial charge in [0, 0.05) is 27.1 Å². The second-order valence-corrected chi connectivity index (χ2v) is 7.08. The highest BCUT2D eigenvalue weighted by Crippen LogP contribution is 2.39. The number of aliphatic hydroxyl groups is 5. The van der Waals surface area contributed by atoms with Crippen LogP contribution in [0.5, 0.6) is 0 Å². The van der Waals surface area contributed by atoms with E-state index in [-0.39, 0.29) is 13.2 Å². The van der Waals surface area contributed by atoms with Crippen LogP contribution >= 0.6 is 0 Å². The predicted octanol–water partition coefficient (Wildman–Crippen LogP) is -3.27. The van der Waals surface area contributed by atoms with Crippen LogP contribution in [0.3, 0.4) is 0 Å². The fraction of sp³-hybridized carbons (Fsp3) is 0.941. The molecule has 0 radical (unpaired) electrons. The Kier molecular flexibility index (Phi) is 8.72. The van der Waals surface area contributed by atoms with Crippen molar-refractivity contribution in [1.82, 2.24) is 0 Å². The van der Waals surface area contributed by atoms with Gasteiger partial charge in [-0.3, -0.25) is 4.79 Å². The van der Waals surface area contributed by atoms with Crippen molar-refractivity contribution in [3.8, 4) is 0 Å². The number of rotatable bonds is 9. The molecule has 0 aromatic carbocycles. The molecule has 2 rings (SSSR count). The van der Waals surface area contributed by atoms with Crippen LogP contribution in [0.4, 0.5) is 0 Å². The summed E-state index contributed by atoms with van der Waals surface area (Å²) in [6.45, 7) is 0.0724. The molecule has 0 aliphatic carbocycles. The molecule has 5 N–H and O–H groups in total. The zero-order valence-electron chi connectivity index (χ0n) is 16.5. The average Bonchev–Trinajstić information content (AvgIpc) is 2.93. The summed E-state index contributed by atoms with van der Waals surface area (Å²) in [5, 5.41) is 50.9. The first-order valence-corrected chi connectivity index (χ1v) is 9.16. The molecule has 0 amide bonds. The van der Waals surface area contributed by atoms with Gasteiger partial charge in [0.15, 0.2) is 6.29 Å². The van der Waals surface area contributed by atoms with Crippen molar-refractivity contribution >= 4 is 5.97 Å². The van der Waals surface area contributed by atoms with E-state index in [0.717, 1.165) is 6.92 Å². The molecule has 2 fully saturated rings. The summed E-state index contributed by atoms with van der Waals surface area (Å²) in [6.07, 6.45) is -9.92. The molecule has 2 saturated heterocycles. The third-order valence-electron chi connectivity index (χ3n) is 5.00. The van der Waals surface area contributed by atoms with Crippen LogP contribution in [-0.2, 0) is 33.2 Å². The topological polar surface area (TPSA) is 174 Å². The molecule has 0 aromatic rings. The van der Waals surface area contributed by atoms with Crippen molar-refractivity contribution in [2.45, 2.75) is 55.6 Å². The number of hydrogen-bond donors (Lipinski definition) is 5. The quantitative estimate of drug-likeness (QED) is 0.233. The lowest BCUT2D eigenvalue weighted by atomic mass is 9.95. The molecule has 2 aliphatic heterocycles. The molecule has 9 atom stereocenters. The monoisotopic (exact) mass is 426 g/mol. The van der Waals surface area contributed by atoms with E-state index in [9.17, 15) is 30.3 Å². The summed E-state index contributed by atoms with van der Waals surface area (Å²) in [6, 6.07) is 0. The van der Waals surface area contributed by atoms with Gasteiger partial charge in [0.05, 0.1) is 19.3 Å². The van der Waals surface area contributed by atoms with E-state index >= 15 is 0 Å². The van der Waals surface area contributed by atoms with Gasteiger partial charge in [-0.25, -0.2) is 0 Å². The van der Waals surface area contributed by atoms with Crippen molar-refractivity contribution in [3.05, 3.63) is 0 Å². The SMILES string of the molecule is COCC1C(CO)OC(COC)(O[C@@H]2OC(COC(C)=O)[C@H](O)C(O)C2O)C1O. The molecule has 0 saturated carbocycles. The molecule has 12 heteroatoms. The maximum Gasteiger partial charge on any atom is 0.302 e. The molecule has 0 spiro atoms. The van der Waals surface area contributed by atoms with Gasteiger partial charge in [-0.2, -0.15) is 0 Å². The van der Waals surface area contributed by atoms with Crippen LogP contribution in [0.15, 0.2) is 0 Å². The van der Waals surface area contributed by atoms with E-state index in [0.29, 0.717) is 0 Å². The summed E-state index contributed by atoms with van der Waals surface area (Å²) in [5.74, 6) is -3.16. The van der Waals surface area contributed by atoms with Gasteiger partial charge < -0.3 is 54.0 Å². The van der Waals surface area contributed by atoms with E-state index in [2.05, 4.69) is 0 Å². The second-order valence-electron chi connectivity index (χ2n) is 7.08. The van der Waals surface area contributed by atoms with Crippen LogP contribution in [0, 0.1) is 5.92 Å². The highest BCUT2D eigenvalue weighted by atomic mass is 16.8. The molecule has 2 heterocycles. The highest BCUT2D eigenvalue weighted by molar-refractivity contribution is 5.65. The number of methoxy groups -OCH3 is 2. The van der Waals surface area contributed by atoms with Gasteiger partial charge >= 0.3 is 5.97 Å².